The van der Waals surface area contributed by atoms with Crippen LogP contribution in [0.2, 0.25) is 0 Å². The van der Waals surface area contributed by atoms with Crippen LogP contribution in [0.15, 0.2) is 36.7 Å². The second-order valence-corrected chi connectivity index (χ2v) is 4.77. The Morgan fingerprint density at radius 1 is 1.24 bits per heavy atom. The maximum absolute atomic E-state index is 11.9. The lowest BCUT2D eigenvalue weighted by molar-refractivity contribution is 0.0938. The summed E-state index contributed by atoms with van der Waals surface area (Å²) < 4.78 is 5.16. The van der Waals surface area contributed by atoms with E-state index in [0.29, 0.717) is 11.5 Å². The van der Waals surface area contributed by atoms with Crippen LogP contribution in [0.1, 0.15) is 24.3 Å². The number of nitrogens with one attached hydrogen (secondary N) is 2. The summed E-state index contributed by atoms with van der Waals surface area (Å²) >= 11 is 0. The van der Waals surface area contributed by atoms with Crippen molar-refractivity contribution in [1.82, 2.24) is 15.3 Å². The van der Waals surface area contributed by atoms with Gasteiger partial charge in [0.15, 0.2) is 0 Å². The van der Waals surface area contributed by atoms with E-state index in [4.69, 9.17) is 4.74 Å². The third-order valence-electron chi connectivity index (χ3n) is 2.66. The number of hydrogen-bond donors (Lipinski definition) is 2. The van der Waals surface area contributed by atoms with Crippen LogP contribution >= 0.6 is 0 Å². The van der Waals surface area contributed by atoms with Gasteiger partial charge in [0, 0.05) is 23.9 Å². The van der Waals surface area contributed by atoms with Crippen LogP contribution in [0.4, 0.5) is 11.5 Å². The first-order valence-corrected chi connectivity index (χ1v) is 6.62. The molecule has 6 nitrogen and oxygen atoms in total. The summed E-state index contributed by atoms with van der Waals surface area (Å²) in [5.74, 6) is 1.07. The van der Waals surface area contributed by atoms with Gasteiger partial charge in [0.05, 0.1) is 7.11 Å². The number of benzene rings is 1. The molecule has 0 spiro atoms. The lowest BCUT2D eigenvalue weighted by Crippen LogP contribution is -2.30. The van der Waals surface area contributed by atoms with Gasteiger partial charge >= 0.3 is 0 Å². The van der Waals surface area contributed by atoms with Crippen molar-refractivity contribution in [3.05, 3.63) is 42.4 Å². The third kappa shape index (κ3) is 4.17. The number of methoxy groups -OCH3 is 1. The zero-order valence-corrected chi connectivity index (χ0v) is 12.3. The molecule has 2 N–H and O–H groups in total. The number of hydrogen-bond acceptors (Lipinski definition) is 5. The number of rotatable bonds is 5. The first-order chi connectivity index (χ1) is 10.1. The van der Waals surface area contributed by atoms with Crippen molar-refractivity contribution in [1.29, 1.82) is 0 Å². The molecule has 0 aliphatic heterocycles. The molecule has 0 bridgehead atoms. The van der Waals surface area contributed by atoms with Crippen LogP contribution in [0.25, 0.3) is 0 Å². The van der Waals surface area contributed by atoms with E-state index in [1.807, 2.05) is 38.1 Å². The lowest BCUT2D eigenvalue weighted by Gasteiger charge is -2.10. The second-order valence-electron chi connectivity index (χ2n) is 4.77. The topological polar surface area (TPSA) is 76.1 Å². The van der Waals surface area contributed by atoms with Gasteiger partial charge in [-0.2, -0.15) is 0 Å². The van der Waals surface area contributed by atoms with Crippen molar-refractivity contribution in [3.63, 3.8) is 0 Å². The fourth-order valence-corrected chi connectivity index (χ4v) is 1.73. The van der Waals surface area contributed by atoms with E-state index in [1.165, 1.54) is 6.33 Å². The number of anilines is 2. The molecule has 0 unspecified atom stereocenters. The molecule has 0 aliphatic carbocycles. The molecule has 1 amide bonds. The molecule has 0 aliphatic rings. The van der Waals surface area contributed by atoms with Gasteiger partial charge in [0.2, 0.25) is 0 Å². The fraction of sp³-hybridized carbons (Fsp3) is 0.267. The molecular weight excluding hydrogens is 268 g/mol. The largest absolute Gasteiger partial charge is 0.497 e. The predicted octanol–water partition coefficient (Wildman–Crippen LogP) is 2.37. The lowest BCUT2D eigenvalue weighted by atomic mass is 10.3. The molecule has 0 saturated heterocycles. The minimum atomic E-state index is -0.221. The Bertz CT molecular complexity index is 629. The van der Waals surface area contributed by atoms with E-state index < -0.39 is 0 Å². The minimum Gasteiger partial charge on any atom is -0.497 e. The average Bonchev–Trinajstić information content (AvgIpc) is 2.47. The van der Waals surface area contributed by atoms with Gasteiger partial charge in [0.25, 0.3) is 5.91 Å². The maximum atomic E-state index is 11.9. The first kappa shape index (κ1) is 14.8. The van der Waals surface area contributed by atoms with Crippen LogP contribution < -0.4 is 15.4 Å². The highest BCUT2D eigenvalue weighted by atomic mass is 16.5. The van der Waals surface area contributed by atoms with Gasteiger partial charge < -0.3 is 15.4 Å². The number of carbonyl (C=O) groups is 1. The monoisotopic (exact) mass is 286 g/mol. The van der Waals surface area contributed by atoms with Crippen LogP contribution in [-0.4, -0.2) is 29.0 Å². The molecule has 2 aromatic rings. The highest BCUT2D eigenvalue weighted by Gasteiger charge is 2.09. The van der Waals surface area contributed by atoms with Crippen molar-refractivity contribution in [2.24, 2.45) is 0 Å². The Balaban J connectivity index is 2.15. The Labute approximate surface area is 123 Å². The van der Waals surface area contributed by atoms with Gasteiger partial charge in [-0.25, -0.2) is 9.97 Å². The molecule has 0 radical (unpaired) electrons. The Morgan fingerprint density at radius 3 is 2.76 bits per heavy atom. The van der Waals surface area contributed by atoms with Crippen molar-refractivity contribution < 1.29 is 9.53 Å². The quantitative estimate of drug-likeness (QED) is 0.882. The zero-order chi connectivity index (χ0) is 15.2. The third-order valence-corrected chi connectivity index (χ3v) is 2.66. The van der Waals surface area contributed by atoms with Crippen molar-refractivity contribution in [3.8, 4) is 5.75 Å². The molecule has 0 saturated carbocycles. The summed E-state index contributed by atoms with van der Waals surface area (Å²) in [4.78, 5) is 20.0. The van der Waals surface area contributed by atoms with Crippen molar-refractivity contribution in [2.75, 3.05) is 12.4 Å². The Kier molecular flexibility index (Phi) is 4.71. The summed E-state index contributed by atoms with van der Waals surface area (Å²) in [5.41, 5.74) is 1.15. The standard InChI is InChI=1S/C15H18N4O2/c1-10(2)18-15(20)13-8-14(17-9-16-13)19-11-5-4-6-12(7-11)21-3/h4-10H,1-3H3,(H,18,20)(H,16,17,19). The number of carbonyl (C=O) groups excluding carboxylic acids is 1. The molecule has 0 atom stereocenters. The van der Waals surface area contributed by atoms with Crippen molar-refractivity contribution in [2.45, 2.75) is 19.9 Å². The highest BCUT2D eigenvalue weighted by Crippen LogP contribution is 2.20. The van der Waals surface area contributed by atoms with Gasteiger partial charge in [0.1, 0.15) is 23.6 Å². The van der Waals surface area contributed by atoms with E-state index in [2.05, 4.69) is 20.6 Å². The molecule has 1 aromatic heterocycles. The number of nitrogens with zero attached hydrogens (tertiary/aromatic N) is 2. The number of aromatic nitrogens is 2. The fourth-order valence-electron chi connectivity index (χ4n) is 1.73. The second kappa shape index (κ2) is 6.69. The van der Waals surface area contributed by atoms with Crippen LogP contribution in [0, 0.1) is 0 Å². The summed E-state index contributed by atoms with van der Waals surface area (Å²) in [6.45, 7) is 3.79. The van der Waals surface area contributed by atoms with Crippen LogP contribution in [-0.2, 0) is 0 Å². The molecule has 1 heterocycles. The van der Waals surface area contributed by atoms with E-state index in [9.17, 15) is 4.79 Å². The predicted molar refractivity (Wildman–Crippen MR) is 80.9 cm³/mol. The Hall–Kier alpha value is -2.63. The molecule has 110 valence electrons. The number of amides is 1. The van der Waals surface area contributed by atoms with E-state index >= 15 is 0 Å². The molecule has 0 fully saturated rings. The Morgan fingerprint density at radius 2 is 2.05 bits per heavy atom. The molecule has 21 heavy (non-hydrogen) atoms. The van der Waals surface area contributed by atoms with Gasteiger partial charge in [-0.05, 0) is 26.0 Å². The molecule has 2 rings (SSSR count). The normalized spacial score (nSPS) is 10.3. The zero-order valence-electron chi connectivity index (χ0n) is 12.3. The van der Waals surface area contributed by atoms with E-state index in [1.54, 1.807) is 13.2 Å². The SMILES string of the molecule is COc1cccc(Nc2cc(C(=O)NC(C)C)ncn2)c1. The van der Waals surface area contributed by atoms with E-state index in [0.717, 1.165) is 11.4 Å². The first-order valence-electron chi connectivity index (χ1n) is 6.62. The van der Waals surface area contributed by atoms with E-state index in [-0.39, 0.29) is 11.9 Å². The summed E-state index contributed by atoms with van der Waals surface area (Å²) in [7, 11) is 1.61. The molecule has 6 heteroatoms. The maximum Gasteiger partial charge on any atom is 0.270 e. The average molecular weight is 286 g/mol. The van der Waals surface area contributed by atoms with Crippen molar-refractivity contribution >= 4 is 17.4 Å². The smallest absolute Gasteiger partial charge is 0.270 e. The highest BCUT2D eigenvalue weighted by molar-refractivity contribution is 5.93. The molecular formula is C15H18N4O2. The van der Waals surface area contributed by atoms with Gasteiger partial charge in [-0.1, -0.05) is 6.07 Å². The van der Waals surface area contributed by atoms with Gasteiger partial charge in [-0.15, -0.1) is 0 Å². The number of ether oxygens (including phenoxy) is 1. The summed E-state index contributed by atoms with van der Waals surface area (Å²) in [5, 5.41) is 5.91. The van der Waals surface area contributed by atoms with Crippen LogP contribution in [0.5, 0.6) is 5.75 Å². The van der Waals surface area contributed by atoms with Crippen LogP contribution in [0.3, 0.4) is 0 Å². The molecule has 1 aromatic carbocycles. The summed E-state index contributed by atoms with van der Waals surface area (Å²) in [6, 6.07) is 9.12. The summed E-state index contributed by atoms with van der Waals surface area (Å²) in [6.07, 6.45) is 1.36. The minimum absolute atomic E-state index is 0.0576. The van der Waals surface area contributed by atoms with Gasteiger partial charge in [-0.3, -0.25) is 4.79 Å².